The number of aromatic nitrogens is 2. The zero-order valence-electron chi connectivity index (χ0n) is 14.7. The van der Waals surface area contributed by atoms with Gasteiger partial charge in [-0.15, -0.1) is 0 Å². The van der Waals surface area contributed by atoms with Gasteiger partial charge in [-0.1, -0.05) is 12.1 Å². The van der Waals surface area contributed by atoms with E-state index < -0.39 is 0 Å². The van der Waals surface area contributed by atoms with Crippen molar-refractivity contribution in [2.75, 3.05) is 26.5 Å². The molecule has 1 N–H and O–H groups in total. The molecule has 0 aliphatic heterocycles. The van der Waals surface area contributed by atoms with Crippen LogP contribution in [0.5, 0.6) is 5.75 Å². The molecule has 0 aliphatic carbocycles. The van der Waals surface area contributed by atoms with Crippen LogP contribution in [0.25, 0.3) is 11.0 Å². The smallest absolute Gasteiger partial charge is 0.244 e. The van der Waals surface area contributed by atoms with Crippen molar-refractivity contribution in [3.8, 4) is 5.75 Å². The van der Waals surface area contributed by atoms with E-state index in [1.807, 2.05) is 72.1 Å². The zero-order chi connectivity index (χ0) is 17.8. The number of carbonyl (C=O) groups excluding carboxylic acids is 1. The average Bonchev–Trinajstić information content (AvgIpc) is 2.92. The van der Waals surface area contributed by atoms with Crippen LogP contribution in [-0.4, -0.2) is 41.6 Å². The van der Waals surface area contributed by atoms with Gasteiger partial charge in [0.1, 0.15) is 18.1 Å². The minimum atomic E-state index is -0.0895. The molecule has 6 nitrogen and oxygen atoms in total. The lowest BCUT2D eigenvalue weighted by atomic mass is 10.3. The summed E-state index contributed by atoms with van der Waals surface area (Å²) in [4.78, 5) is 19.2. The van der Waals surface area contributed by atoms with Crippen LogP contribution in [0.15, 0.2) is 48.5 Å². The first-order chi connectivity index (χ1) is 12.1. The predicted octanol–water partition coefficient (Wildman–Crippen LogP) is 2.75. The van der Waals surface area contributed by atoms with Crippen LogP contribution in [0.4, 0.5) is 5.69 Å². The third kappa shape index (κ3) is 3.97. The van der Waals surface area contributed by atoms with Crippen LogP contribution in [0, 0.1) is 0 Å². The molecular weight excluding hydrogens is 316 g/mol. The van der Waals surface area contributed by atoms with Gasteiger partial charge in [-0.2, -0.15) is 0 Å². The SMILES string of the molecule is COc1ccc(NC(=O)Cn2c(CN(C)C)nc3ccccc32)cc1. The van der Waals surface area contributed by atoms with E-state index in [9.17, 15) is 4.79 Å². The van der Waals surface area contributed by atoms with Crippen molar-refractivity contribution in [3.05, 3.63) is 54.4 Å². The second-order valence-electron chi connectivity index (χ2n) is 6.12. The molecule has 130 valence electrons. The Balaban J connectivity index is 1.81. The summed E-state index contributed by atoms with van der Waals surface area (Å²) in [6.07, 6.45) is 0. The summed E-state index contributed by atoms with van der Waals surface area (Å²) < 4.78 is 7.10. The maximum Gasteiger partial charge on any atom is 0.244 e. The fourth-order valence-electron chi connectivity index (χ4n) is 2.72. The van der Waals surface area contributed by atoms with E-state index in [0.717, 1.165) is 28.3 Å². The zero-order valence-corrected chi connectivity index (χ0v) is 14.7. The highest BCUT2D eigenvalue weighted by atomic mass is 16.5. The first kappa shape index (κ1) is 17.0. The molecule has 6 heteroatoms. The van der Waals surface area contributed by atoms with Crippen LogP contribution in [0.2, 0.25) is 0 Å². The fourth-order valence-corrected chi connectivity index (χ4v) is 2.72. The molecule has 2 aromatic carbocycles. The van der Waals surface area contributed by atoms with Crippen molar-refractivity contribution in [3.63, 3.8) is 0 Å². The highest BCUT2D eigenvalue weighted by molar-refractivity contribution is 5.91. The average molecular weight is 338 g/mol. The van der Waals surface area contributed by atoms with E-state index in [-0.39, 0.29) is 12.5 Å². The number of fused-ring (bicyclic) bond motifs is 1. The van der Waals surface area contributed by atoms with Crippen molar-refractivity contribution >= 4 is 22.6 Å². The molecule has 1 aromatic heterocycles. The molecule has 0 atom stereocenters. The molecule has 0 unspecified atom stereocenters. The molecular formula is C19H22N4O2. The van der Waals surface area contributed by atoms with Crippen LogP contribution in [0.1, 0.15) is 5.82 Å². The summed E-state index contributed by atoms with van der Waals surface area (Å²) in [5.74, 6) is 1.54. The lowest BCUT2D eigenvalue weighted by molar-refractivity contribution is -0.116. The summed E-state index contributed by atoms with van der Waals surface area (Å²) in [6.45, 7) is 0.889. The van der Waals surface area contributed by atoms with Crippen LogP contribution in [0.3, 0.4) is 0 Å². The number of nitrogens with one attached hydrogen (secondary N) is 1. The number of hydrogen-bond donors (Lipinski definition) is 1. The van der Waals surface area contributed by atoms with Crippen molar-refractivity contribution in [1.29, 1.82) is 0 Å². The second-order valence-corrected chi connectivity index (χ2v) is 6.12. The van der Waals surface area contributed by atoms with E-state index >= 15 is 0 Å². The third-order valence-electron chi connectivity index (χ3n) is 3.87. The number of nitrogens with zero attached hydrogens (tertiary/aromatic N) is 3. The van der Waals surface area contributed by atoms with Gasteiger partial charge in [-0.05, 0) is 50.5 Å². The van der Waals surface area contributed by atoms with Crippen molar-refractivity contribution in [1.82, 2.24) is 14.5 Å². The van der Waals surface area contributed by atoms with Gasteiger partial charge >= 0.3 is 0 Å². The topological polar surface area (TPSA) is 59.4 Å². The lowest BCUT2D eigenvalue weighted by Gasteiger charge is -2.13. The van der Waals surface area contributed by atoms with Gasteiger partial charge in [0.2, 0.25) is 5.91 Å². The number of hydrogen-bond acceptors (Lipinski definition) is 4. The Bertz CT molecular complexity index is 869. The number of benzene rings is 2. The Kier molecular flexibility index (Phi) is 5.00. The van der Waals surface area contributed by atoms with Gasteiger partial charge in [0.05, 0.1) is 24.7 Å². The normalized spacial score (nSPS) is 11.0. The number of rotatable bonds is 6. The van der Waals surface area contributed by atoms with Crippen molar-refractivity contribution < 1.29 is 9.53 Å². The molecule has 0 saturated carbocycles. The van der Waals surface area contributed by atoms with Gasteiger partial charge in [0, 0.05) is 5.69 Å². The fraction of sp³-hybridized carbons (Fsp3) is 0.263. The lowest BCUT2D eigenvalue weighted by Crippen LogP contribution is -2.22. The summed E-state index contributed by atoms with van der Waals surface area (Å²) in [5.41, 5.74) is 2.60. The third-order valence-corrected chi connectivity index (χ3v) is 3.87. The summed E-state index contributed by atoms with van der Waals surface area (Å²) in [5, 5.41) is 2.92. The number of anilines is 1. The first-order valence-electron chi connectivity index (χ1n) is 8.09. The molecule has 0 fully saturated rings. The van der Waals surface area contributed by atoms with Gasteiger partial charge in [0.15, 0.2) is 0 Å². The Labute approximate surface area is 147 Å². The highest BCUT2D eigenvalue weighted by Gasteiger charge is 2.14. The molecule has 1 amide bonds. The minimum absolute atomic E-state index is 0.0895. The van der Waals surface area contributed by atoms with Crippen LogP contribution in [-0.2, 0) is 17.9 Å². The molecule has 3 rings (SSSR count). The minimum Gasteiger partial charge on any atom is -0.497 e. The van der Waals surface area contributed by atoms with Crippen LogP contribution >= 0.6 is 0 Å². The van der Waals surface area contributed by atoms with Crippen molar-refractivity contribution in [2.45, 2.75) is 13.1 Å². The van der Waals surface area contributed by atoms with Gasteiger partial charge in [-0.25, -0.2) is 4.98 Å². The molecule has 0 spiro atoms. The number of imidazole rings is 1. The Morgan fingerprint density at radius 1 is 1.16 bits per heavy atom. The molecule has 0 saturated heterocycles. The molecule has 1 heterocycles. The Morgan fingerprint density at radius 3 is 2.56 bits per heavy atom. The molecule has 25 heavy (non-hydrogen) atoms. The number of carbonyl (C=O) groups is 1. The first-order valence-corrected chi connectivity index (χ1v) is 8.09. The maximum absolute atomic E-state index is 12.5. The second kappa shape index (κ2) is 7.36. The van der Waals surface area contributed by atoms with Crippen LogP contribution < -0.4 is 10.1 Å². The molecule has 0 radical (unpaired) electrons. The summed E-state index contributed by atoms with van der Waals surface area (Å²) in [7, 11) is 5.59. The summed E-state index contributed by atoms with van der Waals surface area (Å²) in [6, 6.07) is 15.2. The van der Waals surface area contributed by atoms with E-state index in [1.54, 1.807) is 7.11 Å². The number of methoxy groups -OCH3 is 1. The summed E-state index contributed by atoms with van der Waals surface area (Å²) >= 11 is 0. The van der Waals surface area contributed by atoms with Gasteiger partial charge in [-0.3, -0.25) is 4.79 Å². The molecule has 3 aromatic rings. The van der Waals surface area contributed by atoms with Gasteiger partial charge < -0.3 is 19.5 Å². The van der Waals surface area contributed by atoms with E-state index in [2.05, 4.69) is 10.3 Å². The largest absolute Gasteiger partial charge is 0.497 e. The number of amides is 1. The maximum atomic E-state index is 12.5. The van der Waals surface area contributed by atoms with Gasteiger partial charge in [0.25, 0.3) is 0 Å². The number of ether oxygens (including phenoxy) is 1. The Morgan fingerprint density at radius 2 is 1.88 bits per heavy atom. The molecule has 0 aliphatic rings. The van der Waals surface area contributed by atoms with E-state index in [1.165, 1.54) is 0 Å². The standard InChI is InChI=1S/C19H22N4O2/c1-22(2)12-18-21-16-6-4-5-7-17(16)23(18)13-19(24)20-14-8-10-15(25-3)11-9-14/h4-11H,12-13H2,1-3H3,(H,20,24). The molecule has 0 bridgehead atoms. The van der Waals surface area contributed by atoms with E-state index in [0.29, 0.717) is 6.54 Å². The Hall–Kier alpha value is -2.86. The predicted molar refractivity (Wildman–Crippen MR) is 98.7 cm³/mol. The highest BCUT2D eigenvalue weighted by Crippen LogP contribution is 2.18. The van der Waals surface area contributed by atoms with E-state index in [4.69, 9.17) is 4.74 Å². The quantitative estimate of drug-likeness (QED) is 0.751. The monoisotopic (exact) mass is 338 g/mol. The number of para-hydroxylation sites is 2. The van der Waals surface area contributed by atoms with Crippen molar-refractivity contribution in [2.24, 2.45) is 0 Å².